The molecule has 5 rings (SSSR count). The van der Waals surface area contributed by atoms with Crippen LogP contribution >= 0.6 is 0 Å². The number of nitrogens with zero attached hydrogens (tertiary/aromatic N) is 5. The SMILES string of the molecule is CC[C@H]1OC(=O)[C@H](C)[C@@H](O[C@H]2C[C@@](C)(OC)[C@@H](O)[C@H](C)O2)[C@H](C)[C@@H](O[C@@H]2O[C@H](C)C[C@H](N(C)CCc3cn(CCc4ccc(F)c(F)c4)nn3)[C@H]2O)[C@](C)(O)C[C@@H](C)CN(C)[C@H](C)[C@@H](O)[C@]1(C)O. The van der Waals surface area contributed by atoms with E-state index in [4.69, 9.17) is 28.4 Å². The molecule has 1 aromatic carbocycles. The van der Waals surface area contributed by atoms with Gasteiger partial charge in [-0.15, -0.1) is 5.10 Å². The maximum Gasteiger partial charge on any atom is 0.311 e. The number of carbonyl (C=O) groups excluding carboxylic acids is 1. The Hall–Kier alpha value is -2.79. The van der Waals surface area contributed by atoms with Crippen molar-refractivity contribution < 1.29 is 67.5 Å². The second kappa shape index (κ2) is 23.2. The number of hydrogen-bond donors (Lipinski definition) is 5. The van der Waals surface area contributed by atoms with E-state index in [1.54, 1.807) is 59.3 Å². The number of aliphatic hydroxyl groups is 5. The van der Waals surface area contributed by atoms with Crippen LogP contribution in [-0.2, 0) is 52.6 Å². The average Bonchev–Trinajstić information content (AvgIpc) is 3.74. The molecule has 5 N–H and O–H groups in total. The van der Waals surface area contributed by atoms with Crippen LogP contribution in [0, 0.1) is 29.4 Å². The van der Waals surface area contributed by atoms with E-state index < -0.39 is 114 Å². The molecule has 0 bridgehead atoms. The van der Waals surface area contributed by atoms with Gasteiger partial charge in [-0.05, 0) is 112 Å². The van der Waals surface area contributed by atoms with Crippen LogP contribution in [0.4, 0.5) is 8.78 Å². The molecular weight excluding hydrogens is 889 g/mol. The Bertz CT molecular complexity index is 1930. The Balaban J connectivity index is 1.43. The van der Waals surface area contributed by atoms with Crippen molar-refractivity contribution >= 4 is 5.97 Å². The summed E-state index contributed by atoms with van der Waals surface area (Å²) in [6.45, 7) is 18.7. The fourth-order valence-electron chi connectivity index (χ4n) is 10.6. The standard InChI is InChI=1S/C49H81F2N5O12/c1-14-38-49(10,62)42(58)31(6)55(12)25-27(2)23-47(8,61)44(29(4)41(30(5)45(60)66-38)67-39-24-48(9,63-13)43(59)32(7)65-39)68-46-40(57)37(21-28(3)64-46)54(11)19-18-34-26-56(53-52-34)20-17-33-15-16-35(50)36(51)22-33/h15-16,22,26-32,37-44,46,57-59,61-62H,14,17-21,23-25H2,1-13H3/t27-,28-,29+,30-,31-,32+,37+,38-,39+,40-,41+,42-,43+,44-,46+,47-,48-,49-/m1/s1. The van der Waals surface area contributed by atoms with Gasteiger partial charge in [-0.1, -0.05) is 32.1 Å². The van der Waals surface area contributed by atoms with Crippen molar-refractivity contribution in [1.82, 2.24) is 24.8 Å². The van der Waals surface area contributed by atoms with Gasteiger partial charge in [0.2, 0.25) is 0 Å². The van der Waals surface area contributed by atoms with Crippen molar-refractivity contribution in [2.24, 2.45) is 17.8 Å². The minimum atomic E-state index is -1.85. The summed E-state index contributed by atoms with van der Waals surface area (Å²) in [6.07, 6.45) is -6.56. The molecular formula is C49H81F2N5O12. The highest BCUT2D eigenvalue weighted by Crippen LogP contribution is 2.40. The van der Waals surface area contributed by atoms with E-state index in [0.717, 1.165) is 6.07 Å². The van der Waals surface area contributed by atoms with Gasteiger partial charge in [0.25, 0.3) is 0 Å². The Morgan fingerprint density at radius 1 is 0.956 bits per heavy atom. The zero-order chi connectivity index (χ0) is 50.6. The summed E-state index contributed by atoms with van der Waals surface area (Å²) >= 11 is 0. The molecule has 1 aromatic heterocycles. The predicted octanol–water partition coefficient (Wildman–Crippen LogP) is 3.63. The van der Waals surface area contributed by atoms with Crippen LogP contribution in [0.15, 0.2) is 24.4 Å². The van der Waals surface area contributed by atoms with Gasteiger partial charge in [0.15, 0.2) is 24.2 Å². The molecule has 3 saturated heterocycles. The molecule has 0 radical (unpaired) electrons. The summed E-state index contributed by atoms with van der Waals surface area (Å²) in [5.41, 5.74) is -3.23. The number of ether oxygens (including phenoxy) is 6. The molecule has 17 nitrogen and oxygen atoms in total. The molecule has 4 heterocycles. The number of halogens is 2. The van der Waals surface area contributed by atoms with Crippen LogP contribution in [0.25, 0.3) is 0 Å². The summed E-state index contributed by atoms with van der Waals surface area (Å²) in [6, 6.07) is 2.78. The van der Waals surface area contributed by atoms with Crippen molar-refractivity contribution in [3.8, 4) is 0 Å². The van der Waals surface area contributed by atoms with Crippen molar-refractivity contribution in [1.29, 1.82) is 0 Å². The first kappa shape index (κ1) is 56.1. The minimum absolute atomic E-state index is 0.0885. The first-order chi connectivity index (χ1) is 31.7. The third-order valence-corrected chi connectivity index (χ3v) is 15.0. The molecule has 2 aromatic rings. The first-order valence-corrected chi connectivity index (χ1v) is 24.3. The number of esters is 1. The number of cyclic esters (lactones) is 1. The van der Waals surface area contributed by atoms with Crippen LogP contribution in [0.2, 0.25) is 0 Å². The summed E-state index contributed by atoms with van der Waals surface area (Å²) < 4.78 is 67.0. The Morgan fingerprint density at radius 3 is 2.29 bits per heavy atom. The monoisotopic (exact) mass is 970 g/mol. The van der Waals surface area contributed by atoms with E-state index in [9.17, 15) is 39.1 Å². The van der Waals surface area contributed by atoms with Gasteiger partial charge in [-0.25, -0.2) is 8.78 Å². The van der Waals surface area contributed by atoms with Gasteiger partial charge in [-0.3, -0.25) is 9.48 Å². The summed E-state index contributed by atoms with van der Waals surface area (Å²) in [5.74, 6) is -4.64. The van der Waals surface area contributed by atoms with E-state index in [1.807, 2.05) is 37.7 Å². The van der Waals surface area contributed by atoms with E-state index in [1.165, 1.54) is 26.2 Å². The van der Waals surface area contributed by atoms with Gasteiger partial charge < -0.3 is 63.8 Å². The highest BCUT2D eigenvalue weighted by molar-refractivity contribution is 5.73. The Kier molecular flexibility index (Phi) is 19.1. The number of carbonyl (C=O) groups is 1. The topological polar surface area (TPSA) is 211 Å². The molecule has 18 atom stereocenters. The fourth-order valence-corrected chi connectivity index (χ4v) is 10.6. The van der Waals surface area contributed by atoms with Crippen molar-refractivity contribution in [2.75, 3.05) is 34.3 Å². The van der Waals surface area contributed by atoms with Crippen LogP contribution < -0.4 is 0 Å². The first-order valence-electron chi connectivity index (χ1n) is 24.3. The molecule has 3 aliphatic rings. The number of likely N-dealkylation sites (N-methyl/N-ethyl adjacent to an activating group) is 2. The number of methoxy groups -OCH3 is 1. The van der Waals surface area contributed by atoms with Gasteiger partial charge in [0, 0.05) is 63.8 Å². The Morgan fingerprint density at radius 2 is 1.65 bits per heavy atom. The molecule has 0 unspecified atom stereocenters. The molecule has 3 aliphatic heterocycles. The molecule has 0 aliphatic carbocycles. The molecule has 0 spiro atoms. The molecule has 0 amide bonds. The van der Waals surface area contributed by atoms with Gasteiger partial charge in [0.05, 0.1) is 47.2 Å². The summed E-state index contributed by atoms with van der Waals surface area (Å²) in [7, 11) is 5.21. The number of benzene rings is 1. The lowest BCUT2D eigenvalue weighted by molar-refractivity contribution is -0.318. The highest BCUT2D eigenvalue weighted by atomic mass is 19.2. The lowest BCUT2D eigenvalue weighted by Crippen LogP contribution is -2.61. The Labute approximate surface area is 401 Å². The summed E-state index contributed by atoms with van der Waals surface area (Å²) in [5, 5.41) is 68.0. The number of aliphatic hydroxyl groups excluding tert-OH is 3. The fraction of sp³-hybridized carbons (Fsp3) is 0.816. The van der Waals surface area contributed by atoms with E-state index in [0.29, 0.717) is 50.2 Å². The molecule has 0 saturated carbocycles. The normalized spacial score (nSPS) is 40.7. The number of hydrogen-bond acceptors (Lipinski definition) is 16. The largest absolute Gasteiger partial charge is 0.459 e. The quantitative estimate of drug-likeness (QED) is 0.182. The third-order valence-electron chi connectivity index (χ3n) is 15.0. The van der Waals surface area contributed by atoms with Gasteiger partial charge >= 0.3 is 5.97 Å². The van der Waals surface area contributed by atoms with E-state index in [-0.39, 0.29) is 31.3 Å². The van der Waals surface area contributed by atoms with Crippen LogP contribution in [0.1, 0.15) is 106 Å². The minimum Gasteiger partial charge on any atom is -0.459 e. The third kappa shape index (κ3) is 13.2. The lowest BCUT2D eigenvalue weighted by Gasteiger charge is -2.49. The second-order valence-corrected chi connectivity index (χ2v) is 20.9. The van der Waals surface area contributed by atoms with Gasteiger partial charge in [-0.2, -0.15) is 0 Å². The highest BCUT2D eigenvalue weighted by Gasteiger charge is 2.53. The molecule has 68 heavy (non-hydrogen) atoms. The second-order valence-electron chi connectivity index (χ2n) is 20.9. The maximum atomic E-state index is 14.4. The van der Waals surface area contributed by atoms with Gasteiger partial charge in [0.1, 0.15) is 30.0 Å². The van der Waals surface area contributed by atoms with E-state index in [2.05, 4.69) is 10.3 Å². The predicted molar refractivity (Wildman–Crippen MR) is 247 cm³/mol. The lowest BCUT2D eigenvalue weighted by atomic mass is 9.77. The van der Waals surface area contributed by atoms with Crippen LogP contribution in [0.5, 0.6) is 0 Å². The number of rotatable bonds is 13. The molecule has 19 heteroatoms. The molecule has 3 fully saturated rings. The molecule has 388 valence electrons. The summed E-state index contributed by atoms with van der Waals surface area (Å²) in [4.78, 5) is 18.4. The van der Waals surface area contributed by atoms with Crippen molar-refractivity contribution in [2.45, 2.75) is 205 Å². The number of aromatic nitrogens is 3. The van der Waals surface area contributed by atoms with E-state index >= 15 is 0 Å². The maximum absolute atomic E-state index is 14.4. The van der Waals surface area contributed by atoms with Crippen LogP contribution in [0.3, 0.4) is 0 Å². The van der Waals surface area contributed by atoms with Crippen LogP contribution in [-0.4, -0.2) is 181 Å². The van der Waals surface area contributed by atoms with Crippen molar-refractivity contribution in [3.63, 3.8) is 0 Å². The zero-order valence-corrected chi connectivity index (χ0v) is 42.4. The zero-order valence-electron chi connectivity index (χ0n) is 42.4. The smallest absolute Gasteiger partial charge is 0.311 e. The van der Waals surface area contributed by atoms with Crippen molar-refractivity contribution in [3.05, 3.63) is 47.3 Å². The average molecular weight is 970 g/mol. The number of aryl methyl sites for hydroxylation is 2.